The van der Waals surface area contributed by atoms with Crippen molar-refractivity contribution in [3.8, 4) is 0 Å². The van der Waals surface area contributed by atoms with Crippen LogP contribution < -0.4 is 5.73 Å². The van der Waals surface area contributed by atoms with E-state index in [1.165, 1.54) is 12.1 Å². The third kappa shape index (κ3) is 6.37. The number of guanidine groups is 1. The molecule has 0 aliphatic carbocycles. The van der Waals surface area contributed by atoms with Crippen LogP contribution in [0.15, 0.2) is 23.2 Å². The van der Waals surface area contributed by atoms with Gasteiger partial charge in [0.1, 0.15) is 11.6 Å². The summed E-state index contributed by atoms with van der Waals surface area (Å²) in [7, 11) is 0. The van der Waals surface area contributed by atoms with Gasteiger partial charge in [0.2, 0.25) is 0 Å². The molecule has 0 bridgehead atoms. The van der Waals surface area contributed by atoms with Crippen LogP contribution in [0.5, 0.6) is 0 Å². The predicted octanol–water partition coefficient (Wildman–Crippen LogP) is 2.88. The summed E-state index contributed by atoms with van der Waals surface area (Å²) in [5.41, 5.74) is 6.58. The minimum Gasteiger partial charge on any atom is -0.370 e. The van der Waals surface area contributed by atoms with Crippen molar-refractivity contribution >= 4 is 41.7 Å². The van der Waals surface area contributed by atoms with Crippen LogP contribution in [0.4, 0.5) is 8.78 Å². The van der Waals surface area contributed by atoms with Crippen LogP contribution in [0.3, 0.4) is 0 Å². The number of thioether (sulfide) groups is 1. The van der Waals surface area contributed by atoms with E-state index in [-0.39, 0.29) is 24.0 Å². The maximum atomic E-state index is 13.0. The zero-order valence-electron chi connectivity index (χ0n) is 11.7. The number of halogens is 3. The normalized spacial score (nSPS) is 15.7. The van der Waals surface area contributed by atoms with Crippen molar-refractivity contribution < 1.29 is 8.78 Å². The highest BCUT2D eigenvalue weighted by Gasteiger charge is 2.11. The number of benzene rings is 1. The Labute approximate surface area is 145 Å². The Morgan fingerprint density at radius 2 is 1.81 bits per heavy atom. The third-order valence-corrected chi connectivity index (χ3v) is 4.10. The summed E-state index contributed by atoms with van der Waals surface area (Å²) in [6.07, 6.45) is 1.33. The molecule has 2 N–H and O–H groups in total. The fourth-order valence-electron chi connectivity index (χ4n) is 2.12. The summed E-state index contributed by atoms with van der Waals surface area (Å²) in [5, 5.41) is 0. The molecular weight excluding hydrogens is 407 g/mol. The van der Waals surface area contributed by atoms with E-state index in [2.05, 4.69) is 9.89 Å². The molecule has 0 unspecified atom stereocenters. The van der Waals surface area contributed by atoms with Crippen LogP contribution in [-0.2, 0) is 6.42 Å². The Kier molecular flexibility index (Phi) is 8.31. The molecule has 0 radical (unpaired) electrons. The van der Waals surface area contributed by atoms with Crippen molar-refractivity contribution in [1.82, 2.24) is 4.90 Å². The molecule has 1 fully saturated rings. The third-order valence-electron chi connectivity index (χ3n) is 3.15. The van der Waals surface area contributed by atoms with E-state index in [9.17, 15) is 8.78 Å². The van der Waals surface area contributed by atoms with E-state index in [4.69, 9.17) is 5.73 Å². The number of nitrogens with two attached hydrogens (primary N) is 1. The van der Waals surface area contributed by atoms with Crippen LogP contribution in [0.25, 0.3) is 0 Å². The van der Waals surface area contributed by atoms with Gasteiger partial charge in [-0.3, -0.25) is 4.99 Å². The molecule has 1 heterocycles. The lowest BCUT2D eigenvalue weighted by atomic mass is 10.1. The van der Waals surface area contributed by atoms with E-state index >= 15 is 0 Å². The van der Waals surface area contributed by atoms with Gasteiger partial charge in [-0.1, -0.05) is 0 Å². The van der Waals surface area contributed by atoms with Crippen molar-refractivity contribution in [3.05, 3.63) is 35.4 Å². The molecule has 118 valence electrons. The van der Waals surface area contributed by atoms with Gasteiger partial charge < -0.3 is 10.6 Å². The highest BCUT2D eigenvalue weighted by Crippen LogP contribution is 2.11. The van der Waals surface area contributed by atoms with Crippen molar-refractivity contribution in [2.24, 2.45) is 10.7 Å². The number of hydrogen-bond donors (Lipinski definition) is 1. The number of aryl methyl sites for hydroxylation is 1. The molecule has 7 heteroatoms. The van der Waals surface area contributed by atoms with Gasteiger partial charge in [0, 0.05) is 37.2 Å². The van der Waals surface area contributed by atoms with E-state index in [0.29, 0.717) is 24.5 Å². The number of hydrogen-bond acceptors (Lipinski definition) is 2. The molecule has 2 rings (SSSR count). The molecule has 1 aromatic rings. The second-order valence-corrected chi connectivity index (χ2v) is 5.95. The van der Waals surface area contributed by atoms with Crippen LogP contribution in [-0.4, -0.2) is 42.0 Å². The Balaban J connectivity index is 0.00000220. The van der Waals surface area contributed by atoms with Gasteiger partial charge in [0.05, 0.1) is 0 Å². The summed E-state index contributed by atoms with van der Waals surface area (Å²) >= 11 is 1.92. The van der Waals surface area contributed by atoms with E-state index in [1.54, 1.807) is 0 Å². The van der Waals surface area contributed by atoms with E-state index in [0.717, 1.165) is 37.1 Å². The average molecular weight is 427 g/mol. The SMILES string of the molecule is I.NC(=NCCCc1cc(F)cc(F)c1)N1CCSCC1. The van der Waals surface area contributed by atoms with Crippen molar-refractivity contribution in [2.45, 2.75) is 12.8 Å². The Hall–Kier alpha value is -0.570. The minimum absolute atomic E-state index is 0. The molecular formula is C14H20F2IN3S. The largest absolute Gasteiger partial charge is 0.370 e. The highest BCUT2D eigenvalue weighted by atomic mass is 127. The average Bonchev–Trinajstić information content (AvgIpc) is 2.43. The second-order valence-electron chi connectivity index (χ2n) is 4.72. The monoisotopic (exact) mass is 427 g/mol. The maximum absolute atomic E-state index is 13.0. The molecule has 3 nitrogen and oxygen atoms in total. The number of nitrogens with zero attached hydrogens (tertiary/aromatic N) is 2. The first kappa shape index (κ1) is 18.5. The standard InChI is InChI=1S/C14H19F2N3S.HI/c15-12-8-11(9-13(16)10-12)2-1-3-18-14(17)19-4-6-20-7-5-19;/h8-10H,1-7H2,(H2,17,18);1H. The van der Waals surface area contributed by atoms with Crippen molar-refractivity contribution in [3.63, 3.8) is 0 Å². The van der Waals surface area contributed by atoms with Crippen molar-refractivity contribution in [2.75, 3.05) is 31.1 Å². The molecule has 0 atom stereocenters. The lowest BCUT2D eigenvalue weighted by molar-refractivity contribution is 0.455. The first-order valence-corrected chi connectivity index (χ1v) is 7.88. The Morgan fingerprint density at radius 1 is 1.19 bits per heavy atom. The summed E-state index contributed by atoms with van der Waals surface area (Å²) in [4.78, 5) is 6.41. The fourth-order valence-corrected chi connectivity index (χ4v) is 3.03. The molecule has 1 aliphatic rings. The van der Waals surface area contributed by atoms with Gasteiger partial charge in [0.25, 0.3) is 0 Å². The van der Waals surface area contributed by atoms with Crippen LogP contribution in [0.1, 0.15) is 12.0 Å². The van der Waals surface area contributed by atoms with Crippen molar-refractivity contribution in [1.29, 1.82) is 0 Å². The van der Waals surface area contributed by atoms with Crippen LogP contribution >= 0.6 is 35.7 Å². The molecule has 0 spiro atoms. The summed E-state index contributed by atoms with van der Waals surface area (Å²) in [5.74, 6) is 1.68. The Bertz CT molecular complexity index is 459. The lowest BCUT2D eigenvalue weighted by Gasteiger charge is -2.27. The van der Waals surface area contributed by atoms with Gasteiger partial charge in [-0.15, -0.1) is 24.0 Å². The maximum Gasteiger partial charge on any atom is 0.191 e. The lowest BCUT2D eigenvalue weighted by Crippen LogP contribution is -2.42. The molecule has 1 aliphatic heterocycles. The summed E-state index contributed by atoms with van der Waals surface area (Å²) < 4.78 is 26.0. The topological polar surface area (TPSA) is 41.6 Å². The molecule has 21 heavy (non-hydrogen) atoms. The molecule has 0 aromatic heterocycles. The zero-order valence-corrected chi connectivity index (χ0v) is 14.9. The van der Waals surface area contributed by atoms with Gasteiger partial charge in [-0.2, -0.15) is 11.8 Å². The van der Waals surface area contributed by atoms with Crippen LogP contribution in [0, 0.1) is 11.6 Å². The molecule has 1 aromatic carbocycles. The quantitative estimate of drug-likeness (QED) is 0.348. The summed E-state index contributed by atoms with van der Waals surface area (Å²) in [6.45, 7) is 2.46. The summed E-state index contributed by atoms with van der Waals surface area (Å²) in [6, 6.07) is 3.60. The predicted molar refractivity (Wildman–Crippen MR) is 95.5 cm³/mol. The Morgan fingerprint density at radius 3 is 2.43 bits per heavy atom. The minimum atomic E-state index is -0.533. The second kappa shape index (κ2) is 9.45. The van der Waals surface area contributed by atoms with E-state index < -0.39 is 11.6 Å². The van der Waals surface area contributed by atoms with Gasteiger partial charge in [0.15, 0.2) is 5.96 Å². The van der Waals surface area contributed by atoms with E-state index in [1.807, 2.05) is 11.8 Å². The molecule has 1 saturated heterocycles. The van der Waals surface area contributed by atoms with Gasteiger partial charge in [-0.05, 0) is 30.5 Å². The smallest absolute Gasteiger partial charge is 0.191 e. The zero-order chi connectivity index (χ0) is 14.4. The number of rotatable bonds is 4. The molecule has 0 amide bonds. The van der Waals surface area contributed by atoms with Gasteiger partial charge in [-0.25, -0.2) is 8.78 Å². The van der Waals surface area contributed by atoms with Crippen LogP contribution in [0.2, 0.25) is 0 Å². The first-order valence-electron chi connectivity index (χ1n) is 6.73. The first-order chi connectivity index (χ1) is 9.65. The van der Waals surface area contributed by atoms with Gasteiger partial charge >= 0.3 is 0 Å². The number of aliphatic imine (C=N–C) groups is 1. The molecule has 0 saturated carbocycles. The fraction of sp³-hybridized carbons (Fsp3) is 0.500. The highest BCUT2D eigenvalue weighted by molar-refractivity contribution is 14.0.